The van der Waals surface area contributed by atoms with E-state index in [1.54, 1.807) is 0 Å². The van der Waals surface area contributed by atoms with Crippen molar-refractivity contribution < 1.29 is 13.2 Å². The first-order valence-corrected chi connectivity index (χ1v) is 4.01. The molecule has 0 aliphatic carbocycles. The van der Waals surface area contributed by atoms with Crippen LogP contribution in [-0.2, 0) is 0 Å². The average Bonchev–Trinajstić information content (AvgIpc) is 1.94. The van der Waals surface area contributed by atoms with Crippen molar-refractivity contribution in [2.45, 2.75) is 25.9 Å². The fourth-order valence-electron chi connectivity index (χ4n) is 0.704. The van der Waals surface area contributed by atoms with Crippen molar-refractivity contribution in [3.05, 3.63) is 12.2 Å². The fraction of sp³-hybridized carbons (Fsp3) is 0.750. The van der Waals surface area contributed by atoms with Crippen LogP contribution in [0.3, 0.4) is 0 Å². The Kier molecular flexibility index (Phi) is 5.80. The molecular formula is C8H14F3N. The van der Waals surface area contributed by atoms with E-state index in [9.17, 15) is 13.2 Å². The molecule has 72 valence electrons. The van der Waals surface area contributed by atoms with Gasteiger partial charge in [0.1, 0.15) is 0 Å². The molecule has 0 unspecified atom stereocenters. The van der Waals surface area contributed by atoms with E-state index >= 15 is 0 Å². The van der Waals surface area contributed by atoms with Gasteiger partial charge in [0.2, 0.25) is 0 Å². The Labute approximate surface area is 70.7 Å². The Balaban J connectivity index is 3.25. The van der Waals surface area contributed by atoms with E-state index in [1.165, 1.54) is 0 Å². The van der Waals surface area contributed by atoms with Crippen LogP contribution in [0.25, 0.3) is 0 Å². The molecule has 0 aromatic heterocycles. The van der Waals surface area contributed by atoms with E-state index in [4.69, 9.17) is 0 Å². The van der Waals surface area contributed by atoms with Gasteiger partial charge in [0.05, 0.1) is 0 Å². The molecule has 0 spiro atoms. The van der Waals surface area contributed by atoms with Crippen LogP contribution in [0.2, 0.25) is 0 Å². The van der Waals surface area contributed by atoms with Crippen LogP contribution in [0.15, 0.2) is 12.2 Å². The lowest BCUT2D eigenvalue weighted by atomic mass is 10.3. The van der Waals surface area contributed by atoms with Gasteiger partial charge in [-0.15, -0.1) is 0 Å². The minimum atomic E-state index is -4.16. The number of hydrogen-bond acceptors (Lipinski definition) is 1. The van der Waals surface area contributed by atoms with Crippen LogP contribution in [0.5, 0.6) is 0 Å². The summed E-state index contributed by atoms with van der Waals surface area (Å²) in [4.78, 5) is 0. The number of allylic oxidation sites excluding steroid dienone is 1. The van der Waals surface area contributed by atoms with Gasteiger partial charge >= 0.3 is 6.18 Å². The van der Waals surface area contributed by atoms with Crippen LogP contribution in [0.4, 0.5) is 13.2 Å². The number of alkyl halides is 3. The van der Waals surface area contributed by atoms with E-state index in [0.717, 1.165) is 19.0 Å². The molecule has 0 aromatic carbocycles. The monoisotopic (exact) mass is 181 g/mol. The molecule has 0 fully saturated rings. The molecule has 0 amide bonds. The number of halogens is 3. The van der Waals surface area contributed by atoms with Gasteiger partial charge in [-0.25, -0.2) is 0 Å². The van der Waals surface area contributed by atoms with Crippen LogP contribution >= 0.6 is 0 Å². The van der Waals surface area contributed by atoms with Gasteiger partial charge in [-0.3, -0.25) is 0 Å². The zero-order valence-electron chi connectivity index (χ0n) is 7.12. The molecule has 0 aromatic rings. The molecule has 0 saturated carbocycles. The Morgan fingerprint density at radius 2 is 1.92 bits per heavy atom. The Hall–Kier alpha value is -0.510. The largest absolute Gasteiger partial charge is 0.409 e. The van der Waals surface area contributed by atoms with Gasteiger partial charge in [-0.1, -0.05) is 13.0 Å². The van der Waals surface area contributed by atoms with Gasteiger partial charge in [-0.2, -0.15) is 13.2 Å². The Morgan fingerprint density at radius 3 is 2.42 bits per heavy atom. The maximum absolute atomic E-state index is 11.5. The lowest BCUT2D eigenvalue weighted by Gasteiger charge is -1.99. The topological polar surface area (TPSA) is 12.0 Å². The SMILES string of the molecule is CCCNCCC=CC(F)(F)F. The number of hydrogen-bond donors (Lipinski definition) is 1. The lowest BCUT2D eigenvalue weighted by Crippen LogP contribution is -2.15. The highest BCUT2D eigenvalue weighted by Crippen LogP contribution is 2.15. The summed E-state index contributed by atoms with van der Waals surface area (Å²) in [6.07, 6.45) is -1.31. The Morgan fingerprint density at radius 1 is 1.25 bits per heavy atom. The van der Waals surface area contributed by atoms with Crippen molar-refractivity contribution in [3.8, 4) is 0 Å². The van der Waals surface area contributed by atoms with Gasteiger partial charge in [0, 0.05) is 6.08 Å². The van der Waals surface area contributed by atoms with E-state index < -0.39 is 6.18 Å². The molecule has 0 heterocycles. The highest BCUT2D eigenvalue weighted by molar-refractivity contribution is 4.88. The summed E-state index contributed by atoms with van der Waals surface area (Å²) in [7, 11) is 0. The lowest BCUT2D eigenvalue weighted by molar-refractivity contribution is -0.0800. The van der Waals surface area contributed by atoms with Crippen molar-refractivity contribution >= 4 is 0 Å². The van der Waals surface area contributed by atoms with Crippen molar-refractivity contribution in [1.29, 1.82) is 0 Å². The normalized spacial score (nSPS) is 12.7. The quantitative estimate of drug-likeness (QED) is 0.507. The second kappa shape index (κ2) is 6.06. The predicted molar refractivity (Wildman–Crippen MR) is 43.0 cm³/mol. The number of nitrogens with one attached hydrogen (secondary N) is 1. The van der Waals surface area contributed by atoms with Crippen LogP contribution < -0.4 is 5.32 Å². The predicted octanol–water partition coefficient (Wildman–Crippen LogP) is 2.49. The standard InChI is InChI=1S/C8H14F3N/c1-2-6-12-7-4-3-5-8(9,10)11/h3,5,12H,2,4,6-7H2,1H3. The molecule has 0 aliphatic rings. The first kappa shape index (κ1) is 11.5. The highest BCUT2D eigenvalue weighted by Gasteiger charge is 2.21. The van der Waals surface area contributed by atoms with Crippen molar-refractivity contribution in [2.24, 2.45) is 0 Å². The van der Waals surface area contributed by atoms with E-state index in [-0.39, 0.29) is 6.08 Å². The first-order valence-electron chi connectivity index (χ1n) is 4.01. The third-order valence-electron chi connectivity index (χ3n) is 1.22. The molecule has 0 bridgehead atoms. The Bertz CT molecular complexity index is 129. The third-order valence-corrected chi connectivity index (χ3v) is 1.22. The van der Waals surface area contributed by atoms with Crippen LogP contribution in [0, 0.1) is 0 Å². The summed E-state index contributed by atoms with van der Waals surface area (Å²) in [5, 5.41) is 3.00. The summed E-state index contributed by atoms with van der Waals surface area (Å²) in [6.45, 7) is 3.48. The minimum Gasteiger partial charge on any atom is -0.316 e. The second-order valence-corrected chi connectivity index (χ2v) is 2.48. The summed E-state index contributed by atoms with van der Waals surface area (Å²) < 4.78 is 34.6. The van der Waals surface area contributed by atoms with E-state index in [2.05, 4.69) is 5.32 Å². The highest BCUT2D eigenvalue weighted by atomic mass is 19.4. The fourth-order valence-corrected chi connectivity index (χ4v) is 0.704. The van der Waals surface area contributed by atoms with Gasteiger partial charge < -0.3 is 5.32 Å². The minimum absolute atomic E-state index is 0.278. The second-order valence-electron chi connectivity index (χ2n) is 2.48. The average molecular weight is 181 g/mol. The molecule has 0 atom stereocenters. The third kappa shape index (κ3) is 9.49. The molecule has 0 rings (SSSR count). The van der Waals surface area contributed by atoms with Crippen molar-refractivity contribution in [2.75, 3.05) is 13.1 Å². The van der Waals surface area contributed by atoms with E-state index in [1.807, 2.05) is 6.92 Å². The zero-order valence-corrected chi connectivity index (χ0v) is 7.12. The van der Waals surface area contributed by atoms with Gasteiger partial charge in [0.15, 0.2) is 0 Å². The first-order chi connectivity index (χ1) is 5.56. The van der Waals surface area contributed by atoms with Crippen molar-refractivity contribution in [1.82, 2.24) is 5.32 Å². The van der Waals surface area contributed by atoms with Crippen molar-refractivity contribution in [3.63, 3.8) is 0 Å². The number of rotatable bonds is 5. The molecular weight excluding hydrogens is 167 g/mol. The summed E-state index contributed by atoms with van der Waals surface area (Å²) in [5.41, 5.74) is 0. The molecule has 1 N–H and O–H groups in total. The zero-order chi connectivity index (χ0) is 9.45. The molecule has 0 aliphatic heterocycles. The molecule has 12 heavy (non-hydrogen) atoms. The maximum atomic E-state index is 11.5. The summed E-state index contributed by atoms with van der Waals surface area (Å²) in [5.74, 6) is 0. The molecule has 0 radical (unpaired) electrons. The smallest absolute Gasteiger partial charge is 0.316 e. The van der Waals surface area contributed by atoms with Gasteiger partial charge in [0.25, 0.3) is 0 Å². The summed E-state index contributed by atoms with van der Waals surface area (Å²) >= 11 is 0. The van der Waals surface area contributed by atoms with Crippen LogP contribution in [-0.4, -0.2) is 19.3 Å². The maximum Gasteiger partial charge on any atom is 0.409 e. The molecule has 1 nitrogen and oxygen atoms in total. The van der Waals surface area contributed by atoms with E-state index in [0.29, 0.717) is 13.0 Å². The van der Waals surface area contributed by atoms with Gasteiger partial charge in [-0.05, 0) is 25.9 Å². The summed E-state index contributed by atoms with van der Waals surface area (Å²) in [6, 6.07) is 0. The molecule has 4 heteroatoms. The molecule has 0 saturated heterocycles. The van der Waals surface area contributed by atoms with Crippen LogP contribution in [0.1, 0.15) is 19.8 Å².